The number of hydrogen-bond donors (Lipinski definition) is 2. The van der Waals surface area contributed by atoms with Crippen LogP contribution in [-0.4, -0.2) is 21.6 Å². The van der Waals surface area contributed by atoms with E-state index in [9.17, 15) is 0 Å². The van der Waals surface area contributed by atoms with Crippen molar-refractivity contribution in [3.05, 3.63) is 41.7 Å². The predicted molar refractivity (Wildman–Crippen MR) is 87.8 cm³/mol. The minimum absolute atomic E-state index is 0.189. The Morgan fingerprint density at radius 3 is 2.77 bits per heavy atom. The van der Waals surface area contributed by atoms with E-state index in [0.717, 1.165) is 34.3 Å². The van der Waals surface area contributed by atoms with Crippen molar-refractivity contribution >= 4 is 22.7 Å². The predicted octanol–water partition coefficient (Wildman–Crippen LogP) is 2.21. The molecule has 6 nitrogen and oxygen atoms in total. The number of aryl methyl sites for hydroxylation is 1. The van der Waals surface area contributed by atoms with Crippen LogP contribution in [0.2, 0.25) is 0 Å². The van der Waals surface area contributed by atoms with Gasteiger partial charge in [-0.05, 0) is 30.7 Å². The zero-order chi connectivity index (χ0) is 15.7. The molecule has 0 atom stereocenters. The van der Waals surface area contributed by atoms with E-state index in [1.807, 2.05) is 6.07 Å². The summed E-state index contributed by atoms with van der Waals surface area (Å²) in [5.74, 6) is 1.46. The largest absolute Gasteiger partial charge is 0.496 e. The van der Waals surface area contributed by atoms with Gasteiger partial charge in [0.2, 0.25) is 5.95 Å². The van der Waals surface area contributed by atoms with E-state index < -0.39 is 0 Å². The van der Waals surface area contributed by atoms with Gasteiger partial charge in [-0.15, -0.1) is 0 Å². The molecule has 0 spiro atoms. The van der Waals surface area contributed by atoms with Crippen LogP contribution in [0.3, 0.4) is 0 Å². The number of benzene rings is 1. The molecular formula is C16H19N5O. The third-order valence-corrected chi connectivity index (χ3v) is 3.78. The molecule has 0 aliphatic carbocycles. The van der Waals surface area contributed by atoms with E-state index >= 15 is 0 Å². The lowest BCUT2D eigenvalue weighted by atomic mass is 10.0. The molecule has 3 aromatic rings. The Hall–Kier alpha value is -2.76. The maximum Gasteiger partial charge on any atom is 0.221 e. The van der Waals surface area contributed by atoms with Crippen molar-refractivity contribution in [2.24, 2.45) is 0 Å². The summed E-state index contributed by atoms with van der Waals surface area (Å²) in [5.41, 5.74) is 14.6. The summed E-state index contributed by atoms with van der Waals surface area (Å²) < 4.78 is 7.70. The van der Waals surface area contributed by atoms with Crippen LogP contribution in [0.15, 0.2) is 30.6 Å². The summed E-state index contributed by atoms with van der Waals surface area (Å²) in [6.07, 6.45) is 4.37. The lowest BCUT2D eigenvalue weighted by Crippen LogP contribution is -2.04. The van der Waals surface area contributed by atoms with E-state index in [1.165, 1.54) is 0 Å². The van der Waals surface area contributed by atoms with Gasteiger partial charge in [-0.1, -0.05) is 0 Å². The number of aromatic nitrogens is 3. The van der Waals surface area contributed by atoms with Gasteiger partial charge in [-0.2, -0.15) is 4.98 Å². The Morgan fingerprint density at radius 2 is 2.09 bits per heavy atom. The Labute approximate surface area is 128 Å². The van der Waals surface area contributed by atoms with Crippen molar-refractivity contribution in [2.45, 2.75) is 19.9 Å². The van der Waals surface area contributed by atoms with Gasteiger partial charge in [0.15, 0.2) is 0 Å². The number of fused-ring (bicyclic) bond motifs is 1. The summed E-state index contributed by atoms with van der Waals surface area (Å²) in [5, 5.41) is 1.11. The van der Waals surface area contributed by atoms with Crippen LogP contribution >= 0.6 is 0 Å². The van der Waals surface area contributed by atoms with Crippen molar-refractivity contribution in [1.82, 2.24) is 14.5 Å². The van der Waals surface area contributed by atoms with Gasteiger partial charge in [0.05, 0.1) is 12.6 Å². The molecule has 22 heavy (non-hydrogen) atoms. The maximum atomic E-state index is 5.92. The van der Waals surface area contributed by atoms with Gasteiger partial charge in [0, 0.05) is 36.3 Å². The maximum absolute atomic E-state index is 5.92. The van der Waals surface area contributed by atoms with Crippen molar-refractivity contribution in [3.63, 3.8) is 0 Å². The molecule has 6 heteroatoms. The normalized spacial score (nSPS) is 11.0. The fraction of sp³-hybridized carbons (Fsp3) is 0.250. The number of nitrogens with two attached hydrogens (primary N) is 2. The summed E-state index contributed by atoms with van der Waals surface area (Å²) in [4.78, 5) is 8.02. The monoisotopic (exact) mass is 297 g/mol. The molecule has 3 rings (SSSR count). The van der Waals surface area contributed by atoms with E-state index in [0.29, 0.717) is 12.2 Å². The fourth-order valence-electron chi connectivity index (χ4n) is 2.65. The Morgan fingerprint density at radius 1 is 1.27 bits per heavy atom. The second-order valence-corrected chi connectivity index (χ2v) is 5.15. The number of hydrogen-bond acceptors (Lipinski definition) is 5. The van der Waals surface area contributed by atoms with E-state index in [2.05, 4.69) is 39.8 Å². The average molecular weight is 297 g/mol. The highest BCUT2D eigenvalue weighted by Gasteiger charge is 2.10. The highest BCUT2D eigenvalue weighted by atomic mass is 16.5. The molecule has 2 heterocycles. The van der Waals surface area contributed by atoms with Crippen molar-refractivity contribution in [2.75, 3.05) is 18.6 Å². The highest BCUT2D eigenvalue weighted by molar-refractivity contribution is 5.87. The number of rotatable bonds is 4. The standard InChI is InChI=1S/C16H19N5O/c1-3-21-5-4-12-13(21)7-10(8-14(12)22-2)6-11-9-19-16(18)20-15(11)17/h4-5,7-9H,3,6H2,1-2H3,(H4,17,18,19,20). The second-order valence-electron chi connectivity index (χ2n) is 5.15. The fourth-order valence-corrected chi connectivity index (χ4v) is 2.65. The molecule has 114 valence electrons. The van der Waals surface area contributed by atoms with Gasteiger partial charge in [-0.25, -0.2) is 4.98 Å². The molecule has 4 N–H and O–H groups in total. The minimum Gasteiger partial charge on any atom is -0.496 e. The lowest BCUT2D eigenvalue weighted by Gasteiger charge is -2.10. The Bertz CT molecular complexity index is 825. The van der Waals surface area contributed by atoms with E-state index in [1.54, 1.807) is 13.3 Å². The molecule has 0 saturated heterocycles. The molecule has 0 aliphatic rings. The van der Waals surface area contributed by atoms with E-state index in [-0.39, 0.29) is 5.95 Å². The van der Waals surface area contributed by atoms with Gasteiger partial charge in [0.1, 0.15) is 11.6 Å². The average Bonchev–Trinajstić information content (AvgIpc) is 2.92. The Kier molecular flexibility index (Phi) is 3.58. The van der Waals surface area contributed by atoms with Crippen LogP contribution in [0, 0.1) is 0 Å². The number of anilines is 2. The van der Waals surface area contributed by atoms with Gasteiger partial charge in [0.25, 0.3) is 0 Å². The number of nitrogen functional groups attached to an aromatic ring is 2. The van der Waals surface area contributed by atoms with Crippen molar-refractivity contribution in [1.29, 1.82) is 0 Å². The van der Waals surface area contributed by atoms with Gasteiger partial charge >= 0.3 is 0 Å². The minimum atomic E-state index is 0.189. The topological polar surface area (TPSA) is 92.0 Å². The summed E-state index contributed by atoms with van der Waals surface area (Å²) in [6.45, 7) is 3.02. The molecule has 0 fully saturated rings. The number of nitrogens with zero attached hydrogens (tertiary/aromatic N) is 3. The van der Waals surface area contributed by atoms with Gasteiger partial charge in [-0.3, -0.25) is 0 Å². The third kappa shape index (κ3) is 2.43. The van der Waals surface area contributed by atoms with Crippen LogP contribution in [-0.2, 0) is 13.0 Å². The molecule has 0 radical (unpaired) electrons. The first kappa shape index (κ1) is 14.2. The first-order valence-corrected chi connectivity index (χ1v) is 7.15. The Balaban J connectivity index is 2.06. The zero-order valence-corrected chi connectivity index (χ0v) is 12.7. The summed E-state index contributed by atoms with van der Waals surface area (Å²) in [6, 6.07) is 6.25. The molecule has 0 unspecified atom stereocenters. The molecule has 2 aromatic heterocycles. The highest BCUT2D eigenvalue weighted by Crippen LogP contribution is 2.30. The molecule has 0 amide bonds. The molecule has 1 aromatic carbocycles. The van der Waals surface area contributed by atoms with Crippen molar-refractivity contribution < 1.29 is 4.74 Å². The smallest absolute Gasteiger partial charge is 0.221 e. The first-order chi connectivity index (χ1) is 10.6. The quantitative estimate of drug-likeness (QED) is 0.770. The summed E-state index contributed by atoms with van der Waals surface area (Å²) >= 11 is 0. The first-order valence-electron chi connectivity index (χ1n) is 7.15. The van der Waals surface area contributed by atoms with Gasteiger partial charge < -0.3 is 20.8 Å². The number of ether oxygens (including phenoxy) is 1. The zero-order valence-electron chi connectivity index (χ0n) is 12.7. The van der Waals surface area contributed by atoms with Crippen LogP contribution < -0.4 is 16.2 Å². The second kappa shape index (κ2) is 5.55. The van der Waals surface area contributed by atoms with Crippen LogP contribution in [0.25, 0.3) is 10.9 Å². The molecule has 0 bridgehead atoms. The number of methoxy groups -OCH3 is 1. The van der Waals surface area contributed by atoms with Crippen LogP contribution in [0.4, 0.5) is 11.8 Å². The van der Waals surface area contributed by atoms with E-state index in [4.69, 9.17) is 16.2 Å². The SMILES string of the molecule is CCn1ccc2c(OC)cc(Cc3cnc(N)nc3N)cc21. The lowest BCUT2D eigenvalue weighted by molar-refractivity contribution is 0.419. The molecule has 0 aliphatic heterocycles. The molecule has 0 saturated carbocycles. The third-order valence-electron chi connectivity index (χ3n) is 3.78. The van der Waals surface area contributed by atoms with Crippen LogP contribution in [0.5, 0.6) is 5.75 Å². The van der Waals surface area contributed by atoms with Crippen LogP contribution in [0.1, 0.15) is 18.1 Å². The summed E-state index contributed by atoms with van der Waals surface area (Å²) in [7, 11) is 1.68. The van der Waals surface area contributed by atoms with Crippen molar-refractivity contribution in [3.8, 4) is 5.75 Å². The molecular weight excluding hydrogens is 278 g/mol.